The molecule has 0 unspecified atom stereocenters. The Labute approximate surface area is 214 Å². The minimum Gasteiger partial charge on any atom is -0.450 e. The van der Waals surface area contributed by atoms with Gasteiger partial charge in [-0.05, 0) is 59.7 Å². The SMILES string of the molecule is O=C(NCC(F)(F)F)c1cn(-c2cccc(-c3ccc(C4CC4)cc3)c2)c2ncccc2c1=O.O=C(O)O. The Morgan fingerprint density at radius 1 is 1.00 bits per heavy atom. The highest BCUT2D eigenvalue weighted by atomic mass is 19.4. The van der Waals surface area contributed by atoms with Crippen LogP contribution in [0.4, 0.5) is 18.0 Å². The molecule has 0 spiro atoms. The van der Waals surface area contributed by atoms with Gasteiger partial charge in [-0.1, -0.05) is 36.4 Å². The summed E-state index contributed by atoms with van der Waals surface area (Å²) >= 11 is 0. The van der Waals surface area contributed by atoms with E-state index in [1.165, 1.54) is 36.9 Å². The molecule has 1 aliphatic rings. The molecule has 38 heavy (non-hydrogen) atoms. The molecule has 1 aliphatic carbocycles. The second-order valence-corrected chi connectivity index (χ2v) is 8.64. The van der Waals surface area contributed by atoms with E-state index in [4.69, 9.17) is 15.0 Å². The Hall–Kier alpha value is -4.67. The van der Waals surface area contributed by atoms with Crippen molar-refractivity contribution in [1.82, 2.24) is 14.9 Å². The number of carboxylic acid groups (broad SMARTS) is 2. The third-order valence-electron chi connectivity index (χ3n) is 5.87. The van der Waals surface area contributed by atoms with E-state index in [2.05, 4.69) is 29.2 Å². The van der Waals surface area contributed by atoms with Gasteiger partial charge in [0, 0.05) is 18.1 Å². The predicted molar refractivity (Wildman–Crippen MR) is 134 cm³/mol. The van der Waals surface area contributed by atoms with Gasteiger partial charge in [0.15, 0.2) is 0 Å². The summed E-state index contributed by atoms with van der Waals surface area (Å²) < 4.78 is 39.4. The summed E-state index contributed by atoms with van der Waals surface area (Å²) in [6.45, 7) is -1.53. The number of alkyl halides is 3. The number of hydrogen-bond acceptors (Lipinski definition) is 4. The van der Waals surface area contributed by atoms with Crippen LogP contribution in [0.3, 0.4) is 0 Å². The average Bonchev–Trinajstić information content (AvgIpc) is 3.73. The molecule has 2 aromatic carbocycles. The van der Waals surface area contributed by atoms with Gasteiger partial charge >= 0.3 is 12.3 Å². The molecule has 1 fully saturated rings. The second-order valence-electron chi connectivity index (χ2n) is 8.64. The molecule has 0 saturated heterocycles. The highest BCUT2D eigenvalue weighted by Crippen LogP contribution is 2.40. The number of amides is 1. The van der Waals surface area contributed by atoms with Crippen molar-refractivity contribution in [1.29, 1.82) is 0 Å². The van der Waals surface area contributed by atoms with Crippen LogP contribution in [0.2, 0.25) is 0 Å². The minimum atomic E-state index is -4.59. The summed E-state index contributed by atoms with van der Waals surface area (Å²) in [4.78, 5) is 38.2. The monoisotopic (exact) mass is 525 g/mol. The second kappa shape index (κ2) is 10.8. The third kappa shape index (κ3) is 6.36. The van der Waals surface area contributed by atoms with Gasteiger partial charge in [0.2, 0.25) is 5.43 Å². The first-order valence-corrected chi connectivity index (χ1v) is 11.5. The Bertz CT molecular complexity index is 1540. The number of carbonyl (C=O) groups is 2. The molecular formula is C27H22F3N3O5. The topological polar surface area (TPSA) is 122 Å². The van der Waals surface area contributed by atoms with Crippen LogP contribution in [0.5, 0.6) is 0 Å². The van der Waals surface area contributed by atoms with E-state index in [1.807, 2.05) is 18.2 Å². The normalized spacial score (nSPS) is 12.9. The van der Waals surface area contributed by atoms with Crippen LogP contribution in [0, 0.1) is 0 Å². The average molecular weight is 525 g/mol. The standard InChI is InChI=1S/C26H20F3N3O2.CH2O3/c27-26(28,29)15-31-25(34)22-14-32(24-21(23(22)33)5-2-12-30-24)20-4-1-3-19(13-20)18-10-8-17(9-11-18)16-6-7-16;2-1(3)4/h1-5,8-14,16H,6-7,15H2,(H,31,34);(H2,2,3,4). The number of fused-ring (bicyclic) bond motifs is 1. The van der Waals surface area contributed by atoms with Crippen molar-refractivity contribution in [3.8, 4) is 16.8 Å². The lowest BCUT2D eigenvalue weighted by Gasteiger charge is -2.14. The molecule has 5 rings (SSSR count). The van der Waals surface area contributed by atoms with E-state index < -0.39 is 30.2 Å². The summed E-state index contributed by atoms with van der Waals surface area (Å²) in [5.74, 6) is -0.436. The summed E-state index contributed by atoms with van der Waals surface area (Å²) in [7, 11) is 0. The summed E-state index contributed by atoms with van der Waals surface area (Å²) in [5.41, 5.74) is 3.12. The lowest BCUT2D eigenvalue weighted by molar-refractivity contribution is -0.123. The van der Waals surface area contributed by atoms with E-state index in [1.54, 1.807) is 22.0 Å². The molecule has 2 aromatic heterocycles. The largest absolute Gasteiger partial charge is 0.503 e. The quantitative estimate of drug-likeness (QED) is 0.319. The Morgan fingerprint density at radius 3 is 2.32 bits per heavy atom. The van der Waals surface area contributed by atoms with Crippen LogP contribution in [-0.2, 0) is 0 Å². The van der Waals surface area contributed by atoms with Crippen molar-refractivity contribution in [2.45, 2.75) is 24.9 Å². The number of carbonyl (C=O) groups excluding carboxylic acids is 1. The molecule has 1 saturated carbocycles. The number of nitrogens with one attached hydrogen (secondary N) is 1. The van der Waals surface area contributed by atoms with Crippen LogP contribution in [-0.4, -0.2) is 44.5 Å². The zero-order valence-electron chi connectivity index (χ0n) is 19.8. The maximum absolute atomic E-state index is 12.9. The number of nitrogens with zero attached hydrogens (tertiary/aromatic N) is 2. The van der Waals surface area contributed by atoms with E-state index >= 15 is 0 Å². The molecule has 0 radical (unpaired) electrons. The minimum absolute atomic E-state index is 0.140. The lowest BCUT2D eigenvalue weighted by Crippen LogP contribution is -2.36. The molecule has 0 bridgehead atoms. The van der Waals surface area contributed by atoms with Crippen molar-refractivity contribution < 1.29 is 33.0 Å². The molecule has 0 atom stereocenters. The molecular weight excluding hydrogens is 503 g/mol. The predicted octanol–water partition coefficient (Wildman–Crippen LogP) is 5.44. The van der Waals surface area contributed by atoms with Crippen LogP contribution in [0.1, 0.15) is 34.7 Å². The lowest BCUT2D eigenvalue weighted by atomic mass is 10.0. The molecule has 11 heteroatoms. The summed E-state index contributed by atoms with van der Waals surface area (Å²) in [6, 6.07) is 18.9. The fourth-order valence-corrected chi connectivity index (χ4v) is 3.99. The highest BCUT2D eigenvalue weighted by molar-refractivity contribution is 5.97. The van der Waals surface area contributed by atoms with Crippen molar-refractivity contribution in [3.63, 3.8) is 0 Å². The molecule has 3 N–H and O–H groups in total. The van der Waals surface area contributed by atoms with E-state index in [-0.39, 0.29) is 10.9 Å². The van der Waals surface area contributed by atoms with Gasteiger partial charge in [-0.3, -0.25) is 9.59 Å². The molecule has 1 amide bonds. The number of hydrogen-bond donors (Lipinski definition) is 3. The number of halogens is 3. The number of rotatable bonds is 5. The van der Waals surface area contributed by atoms with Crippen molar-refractivity contribution in [2.24, 2.45) is 0 Å². The van der Waals surface area contributed by atoms with Crippen molar-refractivity contribution in [2.75, 3.05) is 6.54 Å². The van der Waals surface area contributed by atoms with Crippen LogP contribution in [0.15, 0.2) is 77.9 Å². The first kappa shape index (κ1) is 26.4. The highest BCUT2D eigenvalue weighted by Gasteiger charge is 2.29. The zero-order valence-corrected chi connectivity index (χ0v) is 19.8. The van der Waals surface area contributed by atoms with Crippen LogP contribution < -0.4 is 10.7 Å². The maximum Gasteiger partial charge on any atom is 0.503 e. The molecule has 0 aliphatic heterocycles. The van der Waals surface area contributed by atoms with Crippen LogP contribution >= 0.6 is 0 Å². The Morgan fingerprint density at radius 2 is 1.68 bits per heavy atom. The Kier molecular flexibility index (Phi) is 7.47. The van der Waals surface area contributed by atoms with Gasteiger partial charge in [-0.25, -0.2) is 9.78 Å². The number of pyridine rings is 2. The van der Waals surface area contributed by atoms with Crippen molar-refractivity contribution in [3.05, 3.63) is 94.4 Å². The van der Waals surface area contributed by atoms with Gasteiger partial charge in [0.25, 0.3) is 5.91 Å². The molecule has 196 valence electrons. The summed E-state index contributed by atoms with van der Waals surface area (Å²) in [5, 5.41) is 15.9. The Balaban J connectivity index is 0.000000786. The van der Waals surface area contributed by atoms with Gasteiger partial charge < -0.3 is 20.1 Å². The van der Waals surface area contributed by atoms with Crippen LogP contribution in [0.25, 0.3) is 27.8 Å². The number of aromatic nitrogens is 2. The molecule has 8 nitrogen and oxygen atoms in total. The fraction of sp³-hybridized carbons (Fsp3) is 0.185. The van der Waals surface area contributed by atoms with E-state index in [0.29, 0.717) is 17.3 Å². The smallest absolute Gasteiger partial charge is 0.450 e. The van der Waals surface area contributed by atoms with E-state index in [9.17, 15) is 22.8 Å². The van der Waals surface area contributed by atoms with Gasteiger partial charge in [0.05, 0.1) is 5.39 Å². The molecule has 4 aromatic rings. The maximum atomic E-state index is 12.9. The number of benzene rings is 2. The first-order chi connectivity index (χ1) is 18.0. The fourth-order valence-electron chi connectivity index (χ4n) is 3.99. The summed E-state index contributed by atoms with van der Waals surface area (Å²) in [6.07, 6.45) is -1.21. The van der Waals surface area contributed by atoms with Gasteiger partial charge in [0.1, 0.15) is 17.8 Å². The third-order valence-corrected chi connectivity index (χ3v) is 5.87. The van der Waals surface area contributed by atoms with Gasteiger partial charge in [-0.2, -0.15) is 13.2 Å². The van der Waals surface area contributed by atoms with Crippen molar-refractivity contribution >= 4 is 23.1 Å². The van der Waals surface area contributed by atoms with Gasteiger partial charge in [-0.15, -0.1) is 0 Å². The zero-order chi connectivity index (χ0) is 27.4. The first-order valence-electron chi connectivity index (χ1n) is 11.5. The van der Waals surface area contributed by atoms with E-state index in [0.717, 1.165) is 11.1 Å². The molecule has 2 heterocycles.